The van der Waals surface area contributed by atoms with Crippen LogP contribution in [0.15, 0.2) is 12.2 Å². The number of hydrogen-bond acceptors (Lipinski definition) is 3. The van der Waals surface area contributed by atoms with E-state index in [0.717, 1.165) is 38.8 Å². The van der Waals surface area contributed by atoms with Crippen LogP contribution in [0.2, 0.25) is 0 Å². The molecule has 3 rings (SSSR count). The van der Waals surface area contributed by atoms with E-state index >= 15 is 0 Å². The maximum Gasteiger partial charge on any atom is 0.226 e. The van der Waals surface area contributed by atoms with Gasteiger partial charge < -0.3 is 15.1 Å². The molecule has 2 atom stereocenters. The van der Waals surface area contributed by atoms with E-state index in [4.69, 9.17) is 0 Å². The van der Waals surface area contributed by atoms with Crippen LogP contribution in [0.4, 0.5) is 0 Å². The van der Waals surface area contributed by atoms with Crippen LogP contribution in [0.25, 0.3) is 0 Å². The van der Waals surface area contributed by atoms with Crippen molar-refractivity contribution in [2.75, 3.05) is 32.7 Å². The smallest absolute Gasteiger partial charge is 0.226 e. The molecule has 2 fully saturated rings. The number of carbonyl (C=O) groups excluding carboxylic acids is 3. The molecular formula is C22H35N3O3. The second-order valence-electron chi connectivity index (χ2n) is 8.71. The number of likely N-dealkylation sites (tertiary alicyclic amines) is 2. The SMILES string of the molecule is CCCCNC(=O)[C@H]1CC=CC[C@H]1C(=O)N1CCC2(CC1)CC(=O)N(CC)C2. The molecule has 6 nitrogen and oxygen atoms in total. The van der Waals surface area contributed by atoms with Gasteiger partial charge in [-0.05, 0) is 39.0 Å². The topological polar surface area (TPSA) is 69.7 Å². The molecule has 2 saturated heterocycles. The standard InChI is InChI=1S/C22H35N3O3/c1-3-5-12-23-20(27)17-8-6-7-9-18(17)21(28)25-13-10-22(11-14-25)15-19(26)24(4-2)16-22/h6-7,17-18H,3-5,8-16H2,1-2H3,(H,23,27)/t17-,18+/m0/s1. The van der Waals surface area contributed by atoms with Gasteiger partial charge in [-0.15, -0.1) is 0 Å². The monoisotopic (exact) mass is 389 g/mol. The molecule has 2 aliphatic heterocycles. The minimum absolute atomic E-state index is 0.0182. The number of allylic oxidation sites excluding steroid dienone is 2. The van der Waals surface area contributed by atoms with Crippen LogP contribution in [0.1, 0.15) is 58.8 Å². The summed E-state index contributed by atoms with van der Waals surface area (Å²) in [4.78, 5) is 41.9. The summed E-state index contributed by atoms with van der Waals surface area (Å²) in [5.74, 6) is -0.119. The zero-order valence-corrected chi connectivity index (χ0v) is 17.4. The fraction of sp³-hybridized carbons (Fsp3) is 0.773. The van der Waals surface area contributed by atoms with Crippen molar-refractivity contribution in [3.63, 3.8) is 0 Å². The fourth-order valence-electron chi connectivity index (χ4n) is 4.94. The van der Waals surface area contributed by atoms with Gasteiger partial charge in [0.15, 0.2) is 0 Å². The van der Waals surface area contributed by atoms with Crippen molar-refractivity contribution < 1.29 is 14.4 Å². The second-order valence-corrected chi connectivity index (χ2v) is 8.71. The van der Waals surface area contributed by atoms with Gasteiger partial charge in [-0.1, -0.05) is 25.5 Å². The van der Waals surface area contributed by atoms with Gasteiger partial charge in [0, 0.05) is 44.6 Å². The van der Waals surface area contributed by atoms with Crippen LogP contribution in [0.5, 0.6) is 0 Å². The minimum Gasteiger partial charge on any atom is -0.356 e. The van der Waals surface area contributed by atoms with E-state index in [-0.39, 0.29) is 35.0 Å². The summed E-state index contributed by atoms with van der Waals surface area (Å²) in [7, 11) is 0. The summed E-state index contributed by atoms with van der Waals surface area (Å²) >= 11 is 0. The molecule has 6 heteroatoms. The number of nitrogens with zero attached hydrogens (tertiary/aromatic N) is 2. The Morgan fingerprint density at radius 2 is 1.82 bits per heavy atom. The fourth-order valence-corrected chi connectivity index (χ4v) is 4.94. The van der Waals surface area contributed by atoms with E-state index in [2.05, 4.69) is 12.2 Å². The maximum absolute atomic E-state index is 13.2. The van der Waals surface area contributed by atoms with Crippen molar-refractivity contribution in [1.82, 2.24) is 15.1 Å². The van der Waals surface area contributed by atoms with Crippen LogP contribution >= 0.6 is 0 Å². The normalized spacial score (nSPS) is 26.7. The molecular weight excluding hydrogens is 354 g/mol. The Labute approximate surface area is 168 Å². The average molecular weight is 390 g/mol. The molecule has 0 bridgehead atoms. The highest BCUT2D eigenvalue weighted by atomic mass is 16.2. The van der Waals surface area contributed by atoms with Crippen LogP contribution in [0, 0.1) is 17.3 Å². The zero-order valence-electron chi connectivity index (χ0n) is 17.4. The third kappa shape index (κ3) is 4.41. The molecule has 0 unspecified atom stereocenters. The molecule has 1 N–H and O–H groups in total. The molecule has 3 amide bonds. The van der Waals surface area contributed by atoms with Crippen molar-refractivity contribution in [3.8, 4) is 0 Å². The van der Waals surface area contributed by atoms with Gasteiger partial charge in [0.25, 0.3) is 0 Å². The number of carbonyl (C=O) groups is 3. The molecule has 0 saturated carbocycles. The first kappa shape index (κ1) is 20.9. The largest absolute Gasteiger partial charge is 0.356 e. The van der Waals surface area contributed by atoms with Crippen molar-refractivity contribution in [3.05, 3.63) is 12.2 Å². The van der Waals surface area contributed by atoms with Gasteiger partial charge in [-0.3, -0.25) is 14.4 Å². The molecule has 3 aliphatic rings. The van der Waals surface area contributed by atoms with Crippen molar-refractivity contribution in [2.45, 2.75) is 58.8 Å². The van der Waals surface area contributed by atoms with E-state index in [1.807, 2.05) is 28.9 Å². The lowest BCUT2D eigenvalue weighted by atomic mass is 9.76. The molecule has 0 aromatic rings. The molecule has 1 aliphatic carbocycles. The van der Waals surface area contributed by atoms with Gasteiger partial charge in [-0.25, -0.2) is 0 Å². The highest BCUT2D eigenvalue weighted by Gasteiger charge is 2.46. The first-order valence-electron chi connectivity index (χ1n) is 11.0. The first-order valence-corrected chi connectivity index (χ1v) is 11.0. The number of piperidine rings is 1. The highest BCUT2D eigenvalue weighted by molar-refractivity contribution is 5.88. The predicted molar refractivity (Wildman–Crippen MR) is 108 cm³/mol. The Balaban J connectivity index is 1.58. The molecule has 0 aromatic heterocycles. The summed E-state index contributed by atoms with van der Waals surface area (Å²) < 4.78 is 0. The summed E-state index contributed by atoms with van der Waals surface area (Å²) in [6.07, 6.45) is 9.77. The van der Waals surface area contributed by atoms with Crippen LogP contribution in [-0.4, -0.2) is 60.2 Å². The Hall–Kier alpha value is -1.85. The number of amides is 3. The van der Waals surface area contributed by atoms with E-state index in [9.17, 15) is 14.4 Å². The van der Waals surface area contributed by atoms with Gasteiger partial charge in [0.1, 0.15) is 0 Å². The van der Waals surface area contributed by atoms with Gasteiger partial charge in [0.05, 0.1) is 11.8 Å². The lowest BCUT2D eigenvalue weighted by Crippen LogP contribution is -2.49. The van der Waals surface area contributed by atoms with E-state index in [0.29, 0.717) is 38.9 Å². The summed E-state index contributed by atoms with van der Waals surface area (Å²) in [6, 6.07) is 0. The van der Waals surface area contributed by atoms with E-state index in [1.165, 1.54) is 0 Å². The van der Waals surface area contributed by atoms with Crippen molar-refractivity contribution in [1.29, 1.82) is 0 Å². The highest BCUT2D eigenvalue weighted by Crippen LogP contribution is 2.41. The predicted octanol–water partition coefficient (Wildman–Crippen LogP) is 2.35. The molecule has 156 valence electrons. The third-order valence-corrected chi connectivity index (χ3v) is 6.84. The van der Waals surface area contributed by atoms with Gasteiger partial charge >= 0.3 is 0 Å². The molecule has 0 radical (unpaired) electrons. The van der Waals surface area contributed by atoms with Gasteiger partial charge in [0.2, 0.25) is 17.7 Å². The molecule has 1 spiro atoms. The summed E-state index contributed by atoms with van der Waals surface area (Å²) in [5, 5.41) is 3.01. The lowest BCUT2D eigenvalue weighted by Gasteiger charge is -2.41. The van der Waals surface area contributed by atoms with E-state index in [1.54, 1.807) is 0 Å². The summed E-state index contributed by atoms with van der Waals surface area (Å²) in [5.41, 5.74) is 0.0489. The lowest BCUT2D eigenvalue weighted by molar-refractivity contribution is -0.144. The number of nitrogens with one attached hydrogen (secondary N) is 1. The van der Waals surface area contributed by atoms with Crippen LogP contribution in [0.3, 0.4) is 0 Å². The number of hydrogen-bond donors (Lipinski definition) is 1. The second kappa shape index (κ2) is 9.10. The van der Waals surface area contributed by atoms with Crippen molar-refractivity contribution >= 4 is 17.7 Å². The quantitative estimate of drug-likeness (QED) is 0.560. The van der Waals surface area contributed by atoms with Crippen LogP contribution < -0.4 is 5.32 Å². The average Bonchev–Trinajstić information content (AvgIpc) is 3.03. The zero-order chi connectivity index (χ0) is 20.1. The Morgan fingerprint density at radius 1 is 1.14 bits per heavy atom. The Bertz CT molecular complexity index is 623. The molecule has 28 heavy (non-hydrogen) atoms. The Morgan fingerprint density at radius 3 is 2.43 bits per heavy atom. The number of rotatable bonds is 6. The molecule has 0 aromatic carbocycles. The van der Waals surface area contributed by atoms with Gasteiger partial charge in [-0.2, -0.15) is 0 Å². The Kier molecular flexibility index (Phi) is 6.78. The first-order chi connectivity index (χ1) is 13.5. The maximum atomic E-state index is 13.2. The summed E-state index contributed by atoms with van der Waals surface area (Å²) in [6.45, 7) is 7.82. The van der Waals surface area contributed by atoms with E-state index < -0.39 is 0 Å². The van der Waals surface area contributed by atoms with Crippen molar-refractivity contribution in [2.24, 2.45) is 17.3 Å². The number of unbranched alkanes of at least 4 members (excludes halogenated alkanes) is 1. The molecule has 2 heterocycles. The van der Waals surface area contributed by atoms with Crippen LogP contribution in [-0.2, 0) is 14.4 Å². The third-order valence-electron chi connectivity index (χ3n) is 6.84. The minimum atomic E-state index is -0.256.